The lowest BCUT2D eigenvalue weighted by Crippen LogP contribution is -2.20. The zero-order valence-electron chi connectivity index (χ0n) is 19.0. The van der Waals surface area contributed by atoms with Gasteiger partial charge in [0.15, 0.2) is 23.9 Å². The Balaban J connectivity index is 1.60. The molecule has 0 heterocycles. The van der Waals surface area contributed by atoms with Gasteiger partial charge in [0.1, 0.15) is 0 Å². The Morgan fingerprint density at radius 1 is 0.971 bits per heavy atom. The third kappa shape index (κ3) is 7.37. The van der Waals surface area contributed by atoms with Crippen LogP contribution in [0.15, 0.2) is 65.8 Å². The summed E-state index contributed by atoms with van der Waals surface area (Å²) in [4.78, 5) is 24.5. The number of benzene rings is 3. The minimum absolute atomic E-state index is 0.166. The number of nitrogens with one attached hydrogen (secondary N) is 2. The largest absolute Gasteiger partial charge is 0.493 e. The van der Waals surface area contributed by atoms with Gasteiger partial charge in [-0.2, -0.15) is 5.10 Å². The molecule has 0 aliphatic carbocycles. The Bertz CT molecular complexity index is 1200. The van der Waals surface area contributed by atoms with Gasteiger partial charge >= 0.3 is 0 Å². The number of amides is 2. The average Bonchev–Trinajstić information content (AvgIpc) is 2.84. The molecular formula is C25H23Cl2N3O5. The summed E-state index contributed by atoms with van der Waals surface area (Å²) >= 11 is 12.6. The van der Waals surface area contributed by atoms with Crippen LogP contribution in [0.4, 0.5) is 5.69 Å². The summed E-state index contributed by atoms with van der Waals surface area (Å²) in [5.74, 6) is 0.350. The summed E-state index contributed by atoms with van der Waals surface area (Å²) in [6.45, 7) is 1.99. The number of halogens is 2. The van der Waals surface area contributed by atoms with Gasteiger partial charge in [0.25, 0.3) is 11.8 Å². The van der Waals surface area contributed by atoms with Crippen molar-refractivity contribution in [1.82, 2.24) is 5.43 Å². The lowest BCUT2D eigenvalue weighted by Gasteiger charge is -2.11. The van der Waals surface area contributed by atoms with Gasteiger partial charge in [-0.15, -0.1) is 0 Å². The first kappa shape index (κ1) is 25.9. The van der Waals surface area contributed by atoms with E-state index in [2.05, 4.69) is 15.8 Å². The quantitative estimate of drug-likeness (QED) is 0.286. The first-order chi connectivity index (χ1) is 16.9. The molecule has 10 heteroatoms. The van der Waals surface area contributed by atoms with Crippen LogP contribution in [-0.4, -0.2) is 38.4 Å². The van der Waals surface area contributed by atoms with Crippen molar-refractivity contribution < 1.29 is 23.8 Å². The highest BCUT2D eigenvalue weighted by Crippen LogP contribution is 2.34. The SMILES string of the molecule is CCOc1cc(C(=O)N/N=C/c2cc(Cl)c(OCC(=O)Nc3ccccc3)c(Cl)c2)ccc1OC. The molecule has 0 fully saturated rings. The predicted octanol–water partition coefficient (Wildman–Crippen LogP) is 5.18. The van der Waals surface area contributed by atoms with E-state index in [0.29, 0.717) is 34.9 Å². The molecule has 0 saturated heterocycles. The molecule has 182 valence electrons. The minimum Gasteiger partial charge on any atom is -0.493 e. The highest BCUT2D eigenvalue weighted by Gasteiger charge is 2.13. The summed E-state index contributed by atoms with van der Waals surface area (Å²) in [6, 6.07) is 16.9. The number of hydrazone groups is 1. The Kier molecular flexibility index (Phi) is 9.34. The Morgan fingerprint density at radius 3 is 2.34 bits per heavy atom. The Hall–Kier alpha value is -3.75. The number of anilines is 1. The first-order valence-corrected chi connectivity index (χ1v) is 11.3. The van der Waals surface area contributed by atoms with Gasteiger partial charge in [-0.1, -0.05) is 41.4 Å². The second-order valence-corrected chi connectivity index (χ2v) is 7.83. The molecule has 0 saturated carbocycles. The number of ether oxygens (including phenoxy) is 3. The molecule has 2 amide bonds. The summed E-state index contributed by atoms with van der Waals surface area (Å²) in [5, 5.41) is 7.03. The highest BCUT2D eigenvalue weighted by molar-refractivity contribution is 6.37. The van der Waals surface area contributed by atoms with Gasteiger partial charge in [0, 0.05) is 11.3 Å². The maximum absolute atomic E-state index is 12.4. The van der Waals surface area contributed by atoms with Crippen LogP contribution in [0.25, 0.3) is 0 Å². The van der Waals surface area contributed by atoms with Crippen LogP contribution in [0.2, 0.25) is 10.0 Å². The first-order valence-electron chi connectivity index (χ1n) is 10.5. The smallest absolute Gasteiger partial charge is 0.271 e. The van der Waals surface area contributed by atoms with Gasteiger partial charge < -0.3 is 19.5 Å². The summed E-state index contributed by atoms with van der Waals surface area (Å²) in [5.41, 5.74) is 3.95. The van der Waals surface area contributed by atoms with Crippen molar-refractivity contribution >= 4 is 46.9 Å². The van der Waals surface area contributed by atoms with E-state index in [-0.39, 0.29) is 28.3 Å². The number of carbonyl (C=O) groups is 2. The average molecular weight is 516 g/mol. The fourth-order valence-corrected chi connectivity index (χ4v) is 3.58. The second kappa shape index (κ2) is 12.6. The molecule has 0 bridgehead atoms. The molecular weight excluding hydrogens is 493 g/mol. The van der Waals surface area contributed by atoms with Gasteiger partial charge in [-0.25, -0.2) is 5.43 Å². The van der Waals surface area contributed by atoms with E-state index in [9.17, 15) is 9.59 Å². The van der Waals surface area contributed by atoms with Crippen molar-refractivity contribution in [1.29, 1.82) is 0 Å². The molecule has 3 aromatic rings. The van der Waals surface area contributed by atoms with Crippen molar-refractivity contribution in [3.8, 4) is 17.2 Å². The fraction of sp³-hybridized carbons (Fsp3) is 0.160. The fourth-order valence-electron chi connectivity index (χ4n) is 2.96. The van der Waals surface area contributed by atoms with Crippen molar-refractivity contribution in [2.45, 2.75) is 6.92 Å². The summed E-state index contributed by atoms with van der Waals surface area (Å²) < 4.78 is 16.2. The summed E-state index contributed by atoms with van der Waals surface area (Å²) in [6.07, 6.45) is 1.38. The number of hydrogen-bond donors (Lipinski definition) is 2. The third-order valence-corrected chi connectivity index (χ3v) is 5.09. The van der Waals surface area contributed by atoms with E-state index in [1.165, 1.54) is 13.3 Å². The number of rotatable bonds is 10. The Morgan fingerprint density at radius 2 is 1.69 bits per heavy atom. The number of nitrogens with zero attached hydrogens (tertiary/aromatic N) is 1. The monoisotopic (exact) mass is 515 g/mol. The Labute approximate surface area is 212 Å². The molecule has 0 aliphatic rings. The zero-order valence-corrected chi connectivity index (χ0v) is 20.5. The topological polar surface area (TPSA) is 98.3 Å². The predicted molar refractivity (Wildman–Crippen MR) is 136 cm³/mol. The van der Waals surface area contributed by atoms with Gasteiger partial charge in [-0.05, 0) is 55.0 Å². The molecule has 0 aliphatic heterocycles. The maximum Gasteiger partial charge on any atom is 0.271 e. The van der Waals surface area contributed by atoms with Crippen molar-refractivity contribution in [3.05, 3.63) is 81.8 Å². The van der Waals surface area contributed by atoms with E-state index < -0.39 is 5.91 Å². The van der Waals surface area contributed by atoms with Crippen LogP contribution < -0.4 is 25.0 Å². The van der Waals surface area contributed by atoms with Crippen molar-refractivity contribution in [3.63, 3.8) is 0 Å². The van der Waals surface area contributed by atoms with Gasteiger partial charge in [-0.3, -0.25) is 9.59 Å². The molecule has 0 atom stereocenters. The molecule has 2 N–H and O–H groups in total. The molecule has 3 aromatic carbocycles. The number of para-hydroxylation sites is 1. The molecule has 0 unspecified atom stereocenters. The highest BCUT2D eigenvalue weighted by atomic mass is 35.5. The molecule has 3 rings (SSSR count). The normalized spacial score (nSPS) is 10.6. The molecule has 0 aromatic heterocycles. The lowest BCUT2D eigenvalue weighted by atomic mass is 10.2. The van der Waals surface area contributed by atoms with Crippen molar-refractivity contribution in [2.75, 3.05) is 25.6 Å². The second-order valence-electron chi connectivity index (χ2n) is 7.01. The molecule has 0 radical (unpaired) electrons. The van der Waals surface area contributed by atoms with Crippen LogP contribution >= 0.6 is 23.2 Å². The standard InChI is InChI=1S/C25H23Cl2N3O5/c1-3-34-22-13-17(9-10-21(22)33-2)25(32)30-28-14-16-11-19(26)24(20(27)12-16)35-15-23(31)29-18-7-5-4-6-8-18/h4-14H,3,15H2,1-2H3,(H,29,31)(H,30,32)/b28-14+. The number of methoxy groups -OCH3 is 1. The van der Waals surface area contributed by atoms with E-state index >= 15 is 0 Å². The molecule has 8 nitrogen and oxygen atoms in total. The number of hydrogen-bond acceptors (Lipinski definition) is 6. The van der Waals surface area contributed by atoms with E-state index in [4.69, 9.17) is 37.4 Å². The maximum atomic E-state index is 12.4. The minimum atomic E-state index is -0.438. The third-order valence-electron chi connectivity index (χ3n) is 4.53. The van der Waals surface area contributed by atoms with E-state index in [1.54, 1.807) is 42.5 Å². The summed E-state index contributed by atoms with van der Waals surface area (Å²) in [7, 11) is 1.52. The van der Waals surface area contributed by atoms with Crippen LogP contribution in [0.1, 0.15) is 22.8 Å². The van der Waals surface area contributed by atoms with Crippen LogP contribution in [0.5, 0.6) is 17.2 Å². The molecule has 0 spiro atoms. The van der Waals surface area contributed by atoms with Crippen molar-refractivity contribution in [2.24, 2.45) is 5.10 Å². The van der Waals surface area contributed by atoms with Crippen LogP contribution in [0, 0.1) is 0 Å². The molecule has 35 heavy (non-hydrogen) atoms. The zero-order chi connectivity index (χ0) is 25.2. The van der Waals surface area contributed by atoms with Crippen LogP contribution in [-0.2, 0) is 4.79 Å². The van der Waals surface area contributed by atoms with E-state index in [0.717, 1.165) is 0 Å². The van der Waals surface area contributed by atoms with Gasteiger partial charge in [0.2, 0.25) is 0 Å². The van der Waals surface area contributed by atoms with E-state index in [1.807, 2.05) is 25.1 Å². The van der Waals surface area contributed by atoms with Gasteiger partial charge in [0.05, 0.1) is 30.0 Å². The van der Waals surface area contributed by atoms with Crippen LogP contribution in [0.3, 0.4) is 0 Å². The lowest BCUT2D eigenvalue weighted by molar-refractivity contribution is -0.118. The number of carbonyl (C=O) groups excluding carboxylic acids is 2.